The molecule has 2 atom stereocenters. The summed E-state index contributed by atoms with van der Waals surface area (Å²) in [5.74, 6) is 2.14. The SMILES string of the molecule is CC(C)Oc1ccc([C@@H](CC[NH2+][C@H](C)c2ccc(Cl)cc2)C(C)C)cc1. The third kappa shape index (κ3) is 6.34. The zero-order valence-electron chi connectivity index (χ0n) is 16.7. The molecular formula is C23H33ClNO+. The summed E-state index contributed by atoms with van der Waals surface area (Å²) in [5, 5.41) is 3.22. The van der Waals surface area contributed by atoms with E-state index in [1.165, 1.54) is 17.5 Å². The number of benzene rings is 2. The Kier molecular flexibility index (Phi) is 7.99. The summed E-state index contributed by atoms with van der Waals surface area (Å²) in [6.07, 6.45) is 1.38. The first-order valence-corrected chi connectivity index (χ1v) is 10.1. The van der Waals surface area contributed by atoms with Crippen molar-refractivity contribution in [2.45, 2.75) is 59.1 Å². The molecule has 0 aliphatic carbocycles. The zero-order valence-corrected chi connectivity index (χ0v) is 17.5. The first-order valence-electron chi connectivity index (χ1n) is 9.72. The van der Waals surface area contributed by atoms with Gasteiger partial charge in [-0.3, -0.25) is 0 Å². The summed E-state index contributed by atoms with van der Waals surface area (Å²) in [5.41, 5.74) is 2.73. The number of hydrogen-bond acceptors (Lipinski definition) is 1. The maximum atomic E-state index is 5.98. The van der Waals surface area contributed by atoms with Gasteiger partial charge in [-0.15, -0.1) is 0 Å². The second kappa shape index (κ2) is 9.99. The summed E-state index contributed by atoms with van der Waals surface area (Å²) >= 11 is 5.98. The summed E-state index contributed by atoms with van der Waals surface area (Å²) in [4.78, 5) is 0. The fourth-order valence-corrected chi connectivity index (χ4v) is 3.50. The Balaban J connectivity index is 1.92. The summed E-state index contributed by atoms with van der Waals surface area (Å²) < 4.78 is 5.76. The molecule has 2 aromatic rings. The van der Waals surface area contributed by atoms with E-state index in [4.69, 9.17) is 16.3 Å². The van der Waals surface area contributed by atoms with Crippen LogP contribution < -0.4 is 10.1 Å². The lowest BCUT2D eigenvalue weighted by Crippen LogP contribution is -2.84. The van der Waals surface area contributed by atoms with E-state index in [-0.39, 0.29) is 6.10 Å². The molecule has 0 fully saturated rings. The van der Waals surface area contributed by atoms with Gasteiger partial charge in [-0.2, -0.15) is 0 Å². The van der Waals surface area contributed by atoms with Crippen molar-refractivity contribution in [2.75, 3.05) is 6.54 Å². The van der Waals surface area contributed by atoms with Gasteiger partial charge in [0.25, 0.3) is 0 Å². The van der Waals surface area contributed by atoms with Crippen LogP contribution in [-0.4, -0.2) is 12.6 Å². The molecule has 2 aromatic carbocycles. The maximum absolute atomic E-state index is 5.98. The molecule has 0 aliphatic rings. The summed E-state index contributed by atoms with van der Waals surface area (Å²) in [6, 6.07) is 17.3. The van der Waals surface area contributed by atoms with Crippen molar-refractivity contribution in [1.29, 1.82) is 0 Å². The van der Waals surface area contributed by atoms with Crippen LogP contribution in [0.4, 0.5) is 0 Å². The highest BCUT2D eigenvalue weighted by Crippen LogP contribution is 2.29. The Hall–Kier alpha value is -1.51. The van der Waals surface area contributed by atoms with Crippen molar-refractivity contribution in [1.82, 2.24) is 0 Å². The van der Waals surface area contributed by atoms with Gasteiger partial charge in [0.15, 0.2) is 0 Å². The van der Waals surface area contributed by atoms with Crippen molar-refractivity contribution in [2.24, 2.45) is 5.92 Å². The number of nitrogens with two attached hydrogens (primary N) is 1. The van der Waals surface area contributed by atoms with Crippen molar-refractivity contribution < 1.29 is 10.1 Å². The van der Waals surface area contributed by atoms with Crippen LogP contribution in [0.5, 0.6) is 5.75 Å². The highest BCUT2D eigenvalue weighted by molar-refractivity contribution is 6.30. The van der Waals surface area contributed by atoms with Gasteiger partial charge in [0.05, 0.1) is 12.6 Å². The molecule has 0 amide bonds. The molecule has 0 aromatic heterocycles. The topological polar surface area (TPSA) is 25.8 Å². The van der Waals surface area contributed by atoms with Gasteiger partial charge in [0.1, 0.15) is 11.8 Å². The van der Waals surface area contributed by atoms with Crippen LogP contribution in [0.2, 0.25) is 5.02 Å². The molecule has 0 spiro atoms. The molecule has 0 aliphatic heterocycles. The lowest BCUT2D eigenvalue weighted by atomic mass is 9.85. The number of quaternary nitrogens is 1. The number of hydrogen-bond donors (Lipinski definition) is 1. The lowest BCUT2D eigenvalue weighted by molar-refractivity contribution is -0.693. The van der Waals surface area contributed by atoms with Gasteiger partial charge in [-0.1, -0.05) is 49.7 Å². The Labute approximate surface area is 163 Å². The normalized spacial score (nSPS) is 13.8. The third-order valence-corrected chi connectivity index (χ3v) is 5.13. The van der Waals surface area contributed by atoms with E-state index < -0.39 is 0 Å². The largest absolute Gasteiger partial charge is 0.491 e. The molecule has 2 nitrogen and oxygen atoms in total. The summed E-state index contributed by atoms with van der Waals surface area (Å²) in [6.45, 7) is 12.1. The number of rotatable bonds is 9. The van der Waals surface area contributed by atoms with Gasteiger partial charge in [0, 0.05) is 17.0 Å². The molecule has 0 bridgehead atoms. The van der Waals surface area contributed by atoms with E-state index in [9.17, 15) is 0 Å². The molecule has 2 rings (SSSR count). The first-order chi connectivity index (χ1) is 12.4. The van der Waals surface area contributed by atoms with Crippen molar-refractivity contribution >= 4 is 11.6 Å². The second-order valence-electron chi connectivity index (χ2n) is 7.74. The molecule has 0 radical (unpaired) electrons. The minimum absolute atomic E-state index is 0.214. The average molecular weight is 375 g/mol. The highest BCUT2D eigenvalue weighted by Gasteiger charge is 2.18. The van der Waals surface area contributed by atoms with E-state index in [0.717, 1.165) is 17.3 Å². The average Bonchev–Trinajstić information content (AvgIpc) is 2.59. The number of halogens is 1. The predicted molar refractivity (Wildman–Crippen MR) is 111 cm³/mol. The van der Waals surface area contributed by atoms with Crippen LogP contribution in [0.25, 0.3) is 0 Å². The van der Waals surface area contributed by atoms with Crippen LogP contribution in [0.1, 0.15) is 64.1 Å². The Morgan fingerprint density at radius 3 is 1.96 bits per heavy atom. The molecule has 2 N–H and O–H groups in total. The second-order valence-corrected chi connectivity index (χ2v) is 8.18. The molecule has 0 saturated heterocycles. The van der Waals surface area contributed by atoms with Gasteiger partial charge in [-0.05, 0) is 62.4 Å². The molecule has 0 saturated carbocycles. The van der Waals surface area contributed by atoms with E-state index in [1.54, 1.807) is 0 Å². The Morgan fingerprint density at radius 2 is 1.42 bits per heavy atom. The van der Waals surface area contributed by atoms with Gasteiger partial charge in [-0.25, -0.2) is 0 Å². The van der Waals surface area contributed by atoms with E-state index in [1.807, 2.05) is 12.1 Å². The molecule has 3 heteroatoms. The first kappa shape index (κ1) is 20.8. The monoisotopic (exact) mass is 374 g/mol. The van der Waals surface area contributed by atoms with Crippen LogP contribution in [0.15, 0.2) is 48.5 Å². The zero-order chi connectivity index (χ0) is 19.1. The molecule has 142 valence electrons. The predicted octanol–water partition coefficient (Wildman–Crippen LogP) is 5.58. The van der Waals surface area contributed by atoms with E-state index >= 15 is 0 Å². The van der Waals surface area contributed by atoms with Crippen molar-refractivity contribution in [3.8, 4) is 5.75 Å². The van der Waals surface area contributed by atoms with Crippen LogP contribution in [0.3, 0.4) is 0 Å². The maximum Gasteiger partial charge on any atom is 0.119 e. The lowest BCUT2D eigenvalue weighted by Gasteiger charge is -2.22. The standard InChI is InChI=1S/C23H32ClNO/c1-16(2)23(20-8-12-22(13-9-20)26-17(3)4)14-15-25-18(5)19-6-10-21(24)11-7-19/h6-13,16-18,23,25H,14-15H2,1-5H3/p+1/t18-,23+/m1/s1. The molecule has 0 unspecified atom stereocenters. The minimum Gasteiger partial charge on any atom is -0.491 e. The van der Waals surface area contributed by atoms with Gasteiger partial charge < -0.3 is 10.1 Å². The van der Waals surface area contributed by atoms with E-state index in [0.29, 0.717) is 17.9 Å². The Bertz CT molecular complexity index is 649. The fraction of sp³-hybridized carbons (Fsp3) is 0.478. The number of ether oxygens (including phenoxy) is 1. The van der Waals surface area contributed by atoms with E-state index in [2.05, 4.69) is 76.3 Å². The quantitative estimate of drug-likeness (QED) is 0.609. The Morgan fingerprint density at radius 1 is 0.846 bits per heavy atom. The fourth-order valence-electron chi connectivity index (χ4n) is 3.38. The molecule has 26 heavy (non-hydrogen) atoms. The van der Waals surface area contributed by atoms with Crippen LogP contribution in [-0.2, 0) is 0 Å². The van der Waals surface area contributed by atoms with Crippen LogP contribution in [0, 0.1) is 5.92 Å². The van der Waals surface area contributed by atoms with Crippen molar-refractivity contribution in [3.05, 3.63) is 64.7 Å². The smallest absolute Gasteiger partial charge is 0.119 e. The molecular weight excluding hydrogens is 342 g/mol. The third-order valence-electron chi connectivity index (χ3n) is 4.88. The van der Waals surface area contributed by atoms with Gasteiger partial charge >= 0.3 is 0 Å². The van der Waals surface area contributed by atoms with Crippen molar-refractivity contribution in [3.63, 3.8) is 0 Å². The minimum atomic E-state index is 0.214. The van der Waals surface area contributed by atoms with Crippen LogP contribution >= 0.6 is 11.6 Å². The summed E-state index contributed by atoms with van der Waals surface area (Å²) in [7, 11) is 0. The van der Waals surface area contributed by atoms with Gasteiger partial charge in [0.2, 0.25) is 0 Å². The highest BCUT2D eigenvalue weighted by atomic mass is 35.5. The molecule has 0 heterocycles.